The van der Waals surface area contributed by atoms with Gasteiger partial charge < -0.3 is 10.0 Å². The standard InChI is InChI=1S/C15H19N3OS/c19-12-14-3-1-13(2-4-14)11-17-6-8-18(9-7-17)15-16-5-10-20-15/h1-5,10,19H,6-9,11-12H2. The molecule has 1 N–H and O–H groups in total. The Hall–Kier alpha value is -1.43. The third-order valence-corrected chi connectivity index (χ3v) is 4.51. The second-order valence-electron chi connectivity index (χ2n) is 5.05. The normalized spacial score (nSPS) is 16.6. The Morgan fingerprint density at radius 3 is 2.35 bits per heavy atom. The number of aliphatic hydroxyl groups excluding tert-OH is 1. The Morgan fingerprint density at radius 1 is 1.05 bits per heavy atom. The van der Waals surface area contributed by atoms with Crippen LogP contribution < -0.4 is 4.90 Å². The zero-order valence-corrected chi connectivity index (χ0v) is 12.2. The van der Waals surface area contributed by atoms with Gasteiger partial charge in [0.05, 0.1) is 6.61 Å². The minimum atomic E-state index is 0.118. The first-order valence-corrected chi connectivity index (χ1v) is 7.78. The second-order valence-corrected chi connectivity index (χ2v) is 5.93. The number of aliphatic hydroxyl groups is 1. The molecule has 1 aliphatic rings. The van der Waals surface area contributed by atoms with Crippen LogP contribution in [0.25, 0.3) is 0 Å². The van der Waals surface area contributed by atoms with Crippen LogP contribution in [0.3, 0.4) is 0 Å². The van der Waals surface area contributed by atoms with Gasteiger partial charge in [0, 0.05) is 44.3 Å². The molecule has 2 heterocycles. The number of rotatable bonds is 4. The first kappa shape index (κ1) is 13.5. The third-order valence-electron chi connectivity index (χ3n) is 3.67. The molecular formula is C15H19N3OS. The van der Waals surface area contributed by atoms with E-state index in [0.29, 0.717) is 0 Å². The summed E-state index contributed by atoms with van der Waals surface area (Å²) in [5.41, 5.74) is 2.28. The number of aromatic nitrogens is 1. The van der Waals surface area contributed by atoms with Gasteiger partial charge >= 0.3 is 0 Å². The predicted octanol–water partition coefficient (Wildman–Crippen LogP) is 1.96. The maximum absolute atomic E-state index is 9.05. The molecule has 0 unspecified atom stereocenters. The lowest BCUT2D eigenvalue weighted by Gasteiger charge is -2.34. The Bertz CT molecular complexity index is 519. The highest BCUT2D eigenvalue weighted by Gasteiger charge is 2.18. The average molecular weight is 289 g/mol. The van der Waals surface area contributed by atoms with Crippen LogP contribution >= 0.6 is 11.3 Å². The monoisotopic (exact) mass is 289 g/mol. The molecule has 4 nitrogen and oxygen atoms in total. The Morgan fingerprint density at radius 2 is 1.75 bits per heavy atom. The fraction of sp³-hybridized carbons (Fsp3) is 0.400. The van der Waals surface area contributed by atoms with Crippen LogP contribution in [0.2, 0.25) is 0 Å². The van der Waals surface area contributed by atoms with E-state index in [0.717, 1.165) is 43.4 Å². The summed E-state index contributed by atoms with van der Waals surface area (Å²) in [5.74, 6) is 0. The largest absolute Gasteiger partial charge is 0.392 e. The van der Waals surface area contributed by atoms with Crippen molar-refractivity contribution in [2.75, 3.05) is 31.1 Å². The van der Waals surface area contributed by atoms with Gasteiger partial charge in [-0.15, -0.1) is 11.3 Å². The summed E-state index contributed by atoms with van der Waals surface area (Å²) >= 11 is 1.71. The Labute approximate surface area is 123 Å². The van der Waals surface area contributed by atoms with E-state index < -0.39 is 0 Å². The summed E-state index contributed by atoms with van der Waals surface area (Å²) < 4.78 is 0. The highest BCUT2D eigenvalue weighted by atomic mass is 32.1. The van der Waals surface area contributed by atoms with E-state index in [4.69, 9.17) is 5.11 Å². The number of nitrogens with zero attached hydrogens (tertiary/aromatic N) is 3. The quantitative estimate of drug-likeness (QED) is 0.934. The summed E-state index contributed by atoms with van der Waals surface area (Å²) in [4.78, 5) is 9.20. The van der Waals surface area contributed by atoms with E-state index >= 15 is 0 Å². The molecule has 1 fully saturated rings. The molecule has 20 heavy (non-hydrogen) atoms. The van der Waals surface area contributed by atoms with E-state index in [1.54, 1.807) is 11.3 Å². The van der Waals surface area contributed by atoms with E-state index in [-0.39, 0.29) is 6.61 Å². The minimum Gasteiger partial charge on any atom is -0.392 e. The van der Waals surface area contributed by atoms with Gasteiger partial charge in [-0.05, 0) is 11.1 Å². The molecule has 1 aliphatic heterocycles. The number of thiazole rings is 1. The summed E-state index contributed by atoms with van der Waals surface area (Å²) in [6.07, 6.45) is 1.87. The molecular weight excluding hydrogens is 270 g/mol. The zero-order valence-electron chi connectivity index (χ0n) is 11.4. The van der Waals surface area contributed by atoms with Gasteiger partial charge in [0.1, 0.15) is 0 Å². The van der Waals surface area contributed by atoms with Gasteiger partial charge in [0.2, 0.25) is 0 Å². The molecule has 0 atom stereocenters. The fourth-order valence-electron chi connectivity index (χ4n) is 2.48. The van der Waals surface area contributed by atoms with Crippen LogP contribution in [0.1, 0.15) is 11.1 Å². The average Bonchev–Trinajstić information content (AvgIpc) is 3.03. The van der Waals surface area contributed by atoms with Crippen molar-refractivity contribution in [1.29, 1.82) is 0 Å². The molecule has 1 aromatic carbocycles. The Balaban J connectivity index is 1.53. The van der Waals surface area contributed by atoms with Crippen molar-refractivity contribution < 1.29 is 5.11 Å². The number of hydrogen-bond acceptors (Lipinski definition) is 5. The van der Waals surface area contributed by atoms with Crippen molar-refractivity contribution in [2.45, 2.75) is 13.2 Å². The van der Waals surface area contributed by atoms with Crippen molar-refractivity contribution in [1.82, 2.24) is 9.88 Å². The maximum atomic E-state index is 9.05. The first-order valence-electron chi connectivity index (χ1n) is 6.90. The summed E-state index contributed by atoms with van der Waals surface area (Å²) in [5, 5.41) is 12.2. The molecule has 0 saturated carbocycles. The maximum Gasteiger partial charge on any atom is 0.185 e. The van der Waals surface area contributed by atoms with Crippen LogP contribution in [0, 0.1) is 0 Å². The third kappa shape index (κ3) is 3.17. The van der Waals surface area contributed by atoms with E-state index in [1.165, 1.54) is 5.56 Å². The van der Waals surface area contributed by atoms with Crippen LogP contribution in [0.4, 0.5) is 5.13 Å². The fourth-order valence-corrected chi connectivity index (χ4v) is 3.17. The number of piperazine rings is 1. The lowest BCUT2D eigenvalue weighted by atomic mass is 10.1. The number of benzene rings is 1. The number of hydrogen-bond donors (Lipinski definition) is 1. The van der Waals surface area contributed by atoms with Crippen LogP contribution in [0.15, 0.2) is 35.8 Å². The molecule has 0 spiro atoms. The van der Waals surface area contributed by atoms with Crippen molar-refractivity contribution >= 4 is 16.5 Å². The van der Waals surface area contributed by atoms with Gasteiger partial charge in [-0.3, -0.25) is 4.90 Å². The topological polar surface area (TPSA) is 39.6 Å². The van der Waals surface area contributed by atoms with Gasteiger partial charge in [-0.25, -0.2) is 4.98 Å². The summed E-state index contributed by atoms with van der Waals surface area (Å²) in [6, 6.07) is 8.22. The second kappa shape index (κ2) is 6.35. The minimum absolute atomic E-state index is 0.118. The highest BCUT2D eigenvalue weighted by molar-refractivity contribution is 7.13. The molecule has 0 radical (unpaired) electrons. The van der Waals surface area contributed by atoms with Gasteiger partial charge in [-0.1, -0.05) is 24.3 Å². The molecule has 5 heteroatoms. The van der Waals surface area contributed by atoms with Crippen LogP contribution in [-0.4, -0.2) is 41.2 Å². The predicted molar refractivity (Wildman–Crippen MR) is 82.0 cm³/mol. The van der Waals surface area contributed by atoms with Gasteiger partial charge in [0.15, 0.2) is 5.13 Å². The van der Waals surface area contributed by atoms with E-state index in [2.05, 4.69) is 26.9 Å². The smallest absolute Gasteiger partial charge is 0.185 e. The molecule has 0 amide bonds. The van der Waals surface area contributed by atoms with Gasteiger partial charge in [-0.2, -0.15) is 0 Å². The Kier molecular flexibility index (Phi) is 4.30. The summed E-state index contributed by atoms with van der Waals surface area (Å²) in [6.45, 7) is 5.33. The molecule has 106 valence electrons. The molecule has 3 rings (SSSR count). The first-order chi connectivity index (χ1) is 9.85. The van der Waals surface area contributed by atoms with Crippen molar-refractivity contribution in [3.8, 4) is 0 Å². The molecule has 1 aromatic heterocycles. The molecule has 0 bridgehead atoms. The molecule has 1 saturated heterocycles. The zero-order chi connectivity index (χ0) is 13.8. The van der Waals surface area contributed by atoms with E-state index in [1.807, 2.05) is 23.7 Å². The lowest BCUT2D eigenvalue weighted by Crippen LogP contribution is -2.45. The van der Waals surface area contributed by atoms with Crippen molar-refractivity contribution in [2.24, 2.45) is 0 Å². The summed E-state index contributed by atoms with van der Waals surface area (Å²) in [7, 11) is 0. The van der Waals surface area contributed by atoms with E-state index in [9.17, 15) is 0 Å². The van der Waals surface area contributed by atoms with Crippen LogP contribution in [0.5, 0.6) is 0 Å². The molecule has 0 aliphatic carbocycles. The van der Waals surface area contributed by atoms with Gasteiger partial charge in [0.25, 0.3) is 0 Å². The highest BCUT2D eigenvalue weighted by Crippen LogP contribution is 2.19. The van der Waals surface area contributed by atoms with Crippen molar-refractivity contribution in [3.63, 3.8) is 0 Å². The lowest BCUT2D eigenvalue weighted by molar-refractivity contribution is 0.249. The number of anilines is 1. The molecule has 2 aromatic rings. The van der Waals surface area contributed by atoms with Crippen molar-refractivity contribution in [3.05, 3.63) is 47.0 Å². The SMILES string of the molecule is OCc1ccc(CN2CCN(c3nccs3)CC2)cc1. The van der Waals surface area contributed by atoms with Crippen LogP contribution in [-0.2, 0) is 13.2 Å².